The number of carbonyl (C=O) groups is 3. The average Bonchev–Trinajstić information content (AvgIpc) is 3.30. The maximum Gasteiger partial charge on any atom is 0.306 e. The van der Waals surface area contributed by atoms with Crippen molar-refractivity contribution in [2.24, 2.45) is 0 Å². The van der Waals surface area contributed by atoms with Crippen molar-refractivity contribution in [2.75, 3.05) is 13.2 Å². The van der Waals surface area contributed by atoms with Crippen molar-refractivity contribution in [3.63, 3.8) is 0 Å². The Labute approximate surface area is 400 Å². The first-order chi connectivity index (χ1) is 32.0. The predicted octanol–water partition coefficient (Wildman–Crippen LogP) is 17.8. The van der Waals surface area contributed by atoms with E-state index in [4.69, 9.17) is 14.2 Å². The van der Waals surface area contributed by atoms with Crippen LogP contribution in [0.2, 0.25) is 0 Å². The Bertz CT molecular complexity index is 1310. The molecule has 0 aromatic rings. The van der Waals surface area contributed by atoms with Gasteiger partial charge in [-0.05, 0) is 116 Å². The number of hydrogen-bond donors (Lipinski definition) is 0. The highest BCUT2D eigenvalue weighted by Crippen LogP contribution is 2.13. The van der Waals surface area contributed by atoms with Crippen molar-refractivity contribution in [3.8, 4) is 0 Å². The van der Waals surface area contributed by atoms with Crippen LogP contribution in [0.5, 0.6) is 0 Å². The standard InChI is InChI=1S/C59H98O6/c1-4-7-10-13-16-19-22-25-27-29-31-34-37-40-43-46-49-52-58(61)64-55-56(54-63-57(60)51-48-45-42-39-36-33-24-21-18-15-12-9-6-3)65-59(62)53-50-47-44-41-38-35-32-30-28-26-23-20-17-14-11-8-5-2/h7,10,16-17,19-21,24-28,31,34,40,43,56H,4-6,8-9,11-15,18,22-23,29-30,32-33,35-39,41-42,44-55H2,1-3H3/b10-7-,19-16-,20-17-,24-21-,27-25-,28-26-,34-31-,43-40-/t56-/m0/s1. The van der Waals surface area contributed by atoms with Crippen molar-refractivity contribution in [2.45, 2.75) is 245 Å². The van der Waals surface area contributed by atoms with Gasteiger partial charge in [-0.2, -0.15) is 0 Å². The Balaban J connectivity index is 4.50. The molecule has 0 aliphatic rings. The number of allylic oxidation sites excluding steroid dienone is 16. The summed E-state index contributed by atoms with van der Waals surface area (Å²) in [5, 5.41) is 0. The highest BCUT2D eigenvalue weighted by molar-refractivity contribution is 5.71. The minimum absolute atomic E-state index is 0.104. The van der Waals surface area contributed by atoms with E-state index in [1.54, 1.807) is 0 Å². The Kier molecular flexibility index (Phi) is 50.0. The maximum absolute atomic E-state index is 12.8. The molecule has 65 heavy (non-hydrogen) atoms. The normalized spacial score (nSPS) is 12.8. The third-order valence-corrected chi connectivity index (χ3v) is 11.0. The second-order valence-corrected chi connectivity index (χ2v) is 17.4. The number of hydrogen-bond acceptors (Lipinski definition) is 6. The zero-order chi connectivity index (χ0) is 47.2. The summed E-state index contributed by atoms with van der Waals surface area (Å²) in [7, 11) is 0. The van der Waals surface area contributed by atoms with E-state index in [9.17, 15) is 14.4 Å². The summed E-state index contributed by atoms with van der Waals surface area (Å²) in [6.07, 6.45) is 69.6. The lowest BCUT2D eigenvalue weighted by Crippen LogP contribution is -2.30. The van der Waals surface area contributed by atoms with Gasteiger partial charge in [0.2, 0.25) is 0 Å². The van der Waals surface area contributed by atoms with E-state index in [0.29, 0.717) is 19.3 Å². The molecule has 0 heterocycles. The quantitative estimate of drug-likeness (QED) is 0.0262. The van der Waals surface area contributed by atoms with Crippen molar-refractivity contribution in [1.29, 1.82) is 0 Å². The van der Waals surface area contributed by atoms with Crippen LogP contribution < -0.4 is 0 Å². The third-order valence-electron chi connectivity index (χ3n) is 11.0. The first-order valence-electron chi connectivity index (χ1n) is 26.7. The number of unbranched alkanes of at least 4 members (excludes halogenated alkanes) is 20. The molecule has 0 aromatic heterocycles. The molecule has 1 atom stereocenters. The number of esters is 3. The van der Waals surface area contributed by atoms with Gasteiger partial charge < -0.3 is 14.2 Å². The van der Waals surface area contributed by atoms with Gasteiger partial charge in [0, 0.05) is 19.3 Å². The lowest BCUT2D eigenvalue weighted by molar-refractivity contribution is -0.167. The Morgan fingerprint density at radius 3 is 1.05 bits per heavy atom. The van der Waals surface area contributed by atoms with Gasteiger partial charge in [0.25, 0.3) is 0 Å². The molecule has 0 aromatic carbocycles. The summed E-state index contributed by atoms with van der Waals surface area (Å²) >= 11 is 0. The van der Waals surface area contributed by atoms with E-state index in [2.05, 4.69) is 118 Å². The molecule has 0 rings (SSSR count). The maximum atomic E-state index is 12.8. The lowest BCUT2D eigenvalue weighted by atomic mass is 10.1. The topological polar surface area (TPSA) is 78.9 Å². The van der Waals surface area contributed by atoms with Gasteiger partial charge in [-0.3, -0.25) is 14.4 Å². The lowest BCUT2D eigenvalue weighted by Gasteiger charge is -2.18. The van der Waals surface area contributed by atoms with E-state index in [1.807, 2.05) is 0 Å². The molecular formula is C59H98O6. The van der Waals surface area contributed by atoms with Gasteiger partial charge in [0.05, 0.1) is 0 Å². The zero-order valence-corrected chi connectivity index (χ0v) is 42.2. The van der Waals surface area contributed by atoms with Crippen molar-refractivity contribution < 1.29 is 28.6 Å². The third kappa shape index (κ3) is 51.2. The van der Waals surface area contributed by atoms with Crippen molar-refractivity contribution in [3.05, 3.63) is 97.2 Å². The van der Waals surface area contributed by atoms with E-state index >= 15 is 0 Å². The molecule has 0 amide bonds. The van der Waals surface area contributed by atoms with Crippen molar-refractivity contribution >= 4 is 17.9 Å². The molecule has 0 aliphatic carbocycles. The van der Waals surface area contributed by atoms with E-state index in [0.717, 1.165) is 103 Å². The average molecular weight is 903 g/mol. The Morgan fingerprint density at radius 2 is 0.615 bits per heavy atom. The summed E-state index contributed by atoms with van der Waals surface area (Å²) in [6.45, 7) is 6.42. The molecule has 6 heteroatoms. The van der Waals surface area contributed by atoms with Gasteiger partial charge >= 0.3 is 17.9 Å². The molecule has 0 bridgehead atoms. The fourth-order valence-corrected chi connectivity index (χ4v) is 7.03. The van der Waals surface area contributed by atoms with Crippen LogP contribution in [-0.4, -0.2) is 37.2 Å². The second-order valence-electron chi connectivity index (χ2n) is 17.4. The molecule has 0 N–H and O–H groups in total. The minimum Gasteiger partial charge on any atom is -0.462 e. The van der Waals surface area contributed by atoms with Crippen LogP contribution in [0.4, 0.5) is 0 Å². The predicted molar refractivity (Wildman–Crippen MR) is 279 cm³/mol. The molecule has 0 saturated carbocycles. The van der Waals surface area contributed by atoms with Crippen LogP contribution in [0.15, 0.2) is 97.2 Å². The van der Waals surface area contributed by atoms with Crippen LogP contribution in [0.3, 0.4) is 0 Å². The second kappa shape index (κ2) is 52.9. The Morgan fingerprint density at radius 1 is 0.323 bits per heavy atom. The molecule has 0 radical (unpaired) electrons. The van der Waals surface area contributed by atoms with Gasteiger partial charge in [-0.25, -0.2) is 0 Å². The molecular weight excluding hydrogens is 805 g/mol. The smallest absolute Gasteiger partial charge is 0.306 e. The van der Waals surface area contributed by atoms with Crippen molar-refractivity contribution in [1.82, 2.24) is 0 Å². The first kappa shape index (κ1) is 61.3. The monoisotopic (exact) mass is 903 g/mol. The fraction of sp³-hybridized carbons (Fsp3) is 0.678. The van der Waals surface area contributed by atoms with Crippen LogP contribution in [0, 0.1) is 0 Å². The molecule has 6 nitrogen and oxygen atoms in total. The summed E-state index contributed by atoms with van der Waals surface area (Å²) < 4.78 is 16.8. The Hall–Kier alpha value is -3.67. The molecule has 0 aliphatic heterocycles. The van der Waals surface area contributed by atoms with E-state index < -0.39 is 6.10 Å². The molecule has 0 unspecified atom stereocenters. The highest BCUT2D eigenvalue weighted by atomic mass is 16.6. The van der Waals surface area contributed by atoms with Gasteiger partial charge in [0.1, 0.15) is 13.2 Å². The molecule has 0 spiro atoms. The minimum atomic E-state index is -0.808. The van der Waals surface area contributed by atoms with E-state index in [1.165, 1.54) is 89.9 Å². The van der Waals surface area contributed by atoms with Crippen LogP contribution in [0.25, 0.3) is 0 Å². The summed E-state index contributed by atoms with van der Waals surface area (Å²) in [4.78, 5) is 38.0. The van der Waals surface area contributed by atoms with Crippen LogP contribution in [0.1, 0.15) is 239 Å². The van der Waals surface area contributed by atoms with Crippen LogP contribution in [-0.2, 0) is 28.6 Å². The molecule has 370 valence electrons. The fourth-order valence-electron chi connectivity index (χ4n) is 7.03. The SMILES string of the molecule is CC/C=C\C/C=C\C/C=C\C/C=C\C/C=C\CCCC(=O)OC[C@H](COC(=O)CCCCCCC/C=C\CCCCCC)OC(=O)CCCCCCCCC/C=C\C/C=C\CCCCC. The van der Waals surface area contributed by atoms with Gasteiger partial charge in [0.15, 0.2) is 6.10 Å². The first-order valence-corrected chi connectivity index (χ1v) is 26.7. The largest absolute Gasteiger partial charge is 0.462 e. The van der Waals surface area contributed by atoms with Crippen LogP contribution >= 0.6 is 0 Å². The number of rotatable bonds is 47. The van der Waals surface area contributed by atoms with E-state index in [-0.39, 0.29) is 37.5 Å². The summed E-state index contributed by atoms with van der Waals surface area (Å²) in [6, 6.07) is 0. The van der Waals surface area contributed by atoms with Gasteiger partial charge in [-0.15, -0.1) is 0 Å². The van der Waals surface area contributed by atoms with Gasteiger partial charge in [-0.1, -0.05) is 201 Å². The molecule has 0 fully saturated rings. The summed E-state index contributed by atoms with van der Waals surface area (Å²) in [5.41, 5.74) is 0. The molecule has 0 saturated heterocycles. The highest BCUT2D eigenvalue weighted by Gasteiger charge is 2.19. The number of carbonyl (C=O) groups excluding carboxylic acids is 3. The summed E-state index contributed by atoms with van der Waals surface area (Å²) in [5.74, 6) is -0.982. The zero-order valence-electron chi connectivity index (χ0n) is 42.2. The number of ether oxygens (including phenoxy) is 3.